The number of amides is 1. The molecular weight excluding hydrogens is 282 g/mol. The molecule has 112 valence electrons. The smallest absolute Gasteiger partial charge is 0.251 e. The molecule has 0 spiro atoms. The van der Waals surface area contributed by atoms with E-state index in [4.69, 9.17) is 5.11 Å². The number of aliphatic hydroxyl groups excluding tert-OH is 1. The van der Waals surface area contributed by atoms with Crippen LogP contribution in [-0.4, -0.2) is 35.7 Å². The van der Waals surface area contributed by atoms with E-state index < -0.39 is 0 Å². The van der Waals surface area contributed by atoms with Crippen LogP contribution in [0.3, 0.4) is 0 Å². The fourth-order valence-electron chi connectivity index (χ4n) is 2.37. The van der Waals surface area contributed by atoms with Gasteiger partial charge in [0.1, 0.15) is 6.61 Å². The Morgan fingerprint density at radius 2 is 2.19 bits per heavy atom. The summed E-state index contributed by atoms with van der Waals surface area (Å²) >= 11 is 2.00. The normalized spacial score (nSPS) is 15.1. The van der Waals surface area contributed by atoms with Crippen LogP contribution in [0.5, 0.6) is 0 Å². The van der Waals surface area contributed by atoms with E-state index in [1.54, 1.807) is 6.07 Å². The molecule has 1 aromatic carbocycles. The lowest BCUT2D eigenvalue weighted by atomic mass is 10.0. The van der Waals surface area contributed by atoms with Crippen molar-refractivity contribution >= 4 is 17.7 Å². The number of carbonyl (C=O) groups excluding carboxylic acids is 1. The number of hydrogen-bond acceptors (Lipinski definition) is 3. The summed E-state index contributed by atoms with van der Waals surface area (Å²) in [6.45, 7) is 2.54. The Labute approximate surface area is 130 Å². The molecule has 2 N–H and O–H groups in total. The van der Waals surface area contributed by atoms with Gasteiger partial charge in [-0.1, -0.05) is 11.8 Å². The Morgan fingerprint density at radius 1 is 1.43 bits per heavy atom. The summed E-state index contributed by atoms with van der Waals surface area (Å²) < 4.78 is 0. The minimum atomic E-state index is -0.151. The highest BCUT2D eigenvalue weighted by molar-refractivity contribution is 7.99. The predicted octanol–water partition coefficient (Wildman–Crippen LogP) is 2.21. The van der Waals surface area contributed by atoms with Crippen LogP contribution < -0.4 is 5.32 Å². The molecule has 1 aliphatic rings. The zero-order chi connectivity index (χ0) is 15.1. The first-order valence-electron chi connectivity index (χ1n) is 7.27. The molecule has 0 aliphatic carbocycles. The van der Waals surface area contributed by atoms with Gasteiger partial charge in [-0.25, -0.2) is 0 Å². The van der Waals surface area contributed by atoms with Gasteiger partial charge in [-0.2, -0.15) is 11.8 Å². The number of aryl methyl sites for hydroxylation is 1. The van der Waals surface area contributed by atoms with Gasteiger partial charge in [-0.05, 0) is 61.0 Å². The molecule has 2 rings (SSSR count). The number of carbonyl (C=O) groups is 1. The zero-order valence-corrected chi connectivity index (χ0v) is 13.1. The molecule has 1 aliphatic heterocycles. The van der Waals surface area contributed by atoms with Crippen LogP contribution in [0.1, 0.15) is 34.3 Å². The first-order valence-corrected chi connectivity index (χ1v) is 8.42. The quantitative estimate of drug-likeness (QED) is 0.842. The molecule has 0 aromatic heterocycles. The SMILES string of the molecule is Cc1cc(C(=O)NCC2CCSCC2)ccc1C#CCO. The van der Waals surface area contributed by atoms with Gasteiger partial charge >= 0.3 is 0 Å². The maximum atomic E-state index is 12.2. The Hall–Kier alpha value is -1.44. The summed E-state index contributed by atoms with van der Waals surface area (Å²) in [6.07, 6.45) is 2.39. The van der Waals surface area contributed by atoms with Crippen molar-refractivity contribution in [1.29, 1.82) is 0 Å². The van der Waals surface area contributed by atoms with Crippen molar-refractivity contribution < 1.29 is 9.90 Å². The Morgan fingerprint density at radius 3 is 2.86 bits per heavy atom. The summed E-state index contributed by atoms with van der Waals surface area (Å²) in [4.78, 5) is 12.2. The number of rotatable bonds is 3. The fourth-order valence-corrected chi connectivity index (χ4v) is 3.57. The molecule has 1 heterocycles. The van der Waals surface area contributed by atoms with Crippen LogP contribution >= 0.6 is 11.8 Å². The van der Waals surface area contributed by atoms with Gasteiger partial charge in [0.15, 0.2) is 0 Å². The third-order valence-electron chi connectivity index (χ3n) is 3.68. The van der Waals surface area contributed by atoms with Gasteiger partial charge in [0.05, 0.1) is 0 Å². The van der Waals surface area contributed by atoms with Gasteiger partial charge < -0.3 is 10.4 Å². The van der Waals surface area contributed by atoms with Crippen molar-refractivity contribution in [1.82, 2.24) is 5.32 Å². The lowest BCUT2D eigenvalue weighted by Gasteiger charge is -2.21. The van der Waals surface area contributed by atoms with Crippen molar-refractivity contribution in [3.05, 3.63) is 34.9 Å². The van der Waals surface area contributed by atoms with E-state index in [1.165, 1.54) is 24.3 Å². The largest absolute Gasteiger partial charge is 0.384 e. The minimum absolute atomic E-state index is 0.0157. The van der Waals surface area contributed by atoms with Crippen LogP contribution in [0.4, 0.5) is 0 Å². The number of benzene rings is 1. The van der Waals surface area contributed by atoms with Crippen molar-refractivity contribution in [2.75, 3.05) is 24.7 Å². The highest BCUT2D eigenvalue weighted by Gasteiger charge is 2.15. The standard InChI is InChI=1S/C17H21NO2S/c1-13-11-16(5-4-15(13)3-2-8-19)17(20)18-12-14-6-9-21-10-7-14/h4-5,11,14,19H,6-10,12H2,1H3,(H,18,20). The van der Waals surface area contributed by atoms with E-state index in [9.17, 15) is 4.79 Å². The van der Waals surface area contributed by atoms with Crippen molar-refractivity contribution in [3.63, 3.8) is 0 Å². The van der Waals surface area contributed by atoms with Crippen molar-refractivity contribution in [3.8, 4) is 11.8 Å². The monoisotopic (exact) mass is 303 g/mol. The summed E-state index contributed by atoms with van der Waals surface area (Å²) in [6, 6.07) is 5.48. The van der Waals surface area contributed by atoms with Crippen LogP contribution in [0.2, 0.25) is 0 Å². The number of thioether (sulfide) groups is 1. The van der Waals surface area contributed by atoms with E-state index in [2.05, 4.69) is 17.2 Å². The first-order chi connectivity index (χ1) is 10.2. The summed E-state index contributed by atoms with van der Waals surface area (Å²) in [7, 11) is 0. The molecule has 0 bridgehead atoms. The predicted molar refractivity (Wildman–Crippen MR) is 87.5 cm³/mol. The molecule has 0 radical (unpaired) electrons. The number of hydrogen-bond donors (Lipinski definition) is 2. The maximum Gasteiger partial charge on any atom is 0.251 e. The Balaban J connectivity index is 1.94. The van der Waals surface area contributed by atoms with E-state index in [1.807, 2.05) is 30.8 Å². The van der Waals surface area contributed by atoms with Crippen molar-refractivity contribution in [2.45, 2.75) is 19.8 Å². The Bertz CT molecular complexity index is 554. The average Bonchev–Trinajstić information content (AvgIpc) is 2.52. The molecule has 0 atom stereocenters. The third-order valence-corrected chi connectivity index (χ3v) is 4.73. The second-order valence-corrected chi connectivity index (χ2v) is 6.48. The second-order valence-electron chi connectivity index (χ2n) is 5.26. The molecule has 21 heavy (non-hydrogen) atoms. The highest BCUT2D eigenvalue weighted by atomic mass is 32.2. The molecule has 4 heteroatoms. The van der Waals surface area contributed by atoms with Gasteiger partial charge in [0.25, 0.3) is 5.91 Å². The third kappa shape index (κ3) is 4.80. The van der Waals surface area contributed by atoms with Gasteiger partial charge in [0, 0.05) is 17.7 Å². The number of aliphatic hydroxyl groups is 1. The highest BCUT2D eigenvalue weighted by Crippen LogP contribution is 2.22. The average molecular weight is 303 g/mol. The molecule has 0 saturated carbocycles. The van der Waals surface area contributed by atoms with Crippen molar-refractivity contribution in [2.24, 2.45) is 5.92 Å². The van der Waals surface area contributed by atoms with Crippen LogP contribution in [-0.2, 0) is 0 Å². The van der Waals surface area contributed by atoms with E-state index >= 15 is 0 Å². The van der Waals surface area contributed by atoms with Crippen LogP contribution in [0, 0.1) is 24.7 Å². The summed E-state index contributed by atoms with van der Waals surface area (Å²) in [5, 5.41) is 11.8. The van der Waals surface area contributed by atoms with E-state index in [-0.39, 0.29) is 12.5 Å². The lowest BCUT2D eigenvalue weighted by Crippen LogP contribution is -2.31. The van der Waals surface area contributed by atoms with E-state index in [0.29, 0.717) is 11.5 Å². The van der Waals surface area contributed by atoms with Gasteiger partial charge in [-0.3, -0.25) is 4.79 Å². The molecule has 1 aromatic rings. The lowest BCUT2D eigenvalue weighted by molar-refractivity contribution is 0.0946. The minimum Gasteiger partial charge on any atom is -0.384 e. The first kappa shape index (κ1) is 15.9. The van der Waals surface area contributed by atoms with Crippen LogP contribution in [0.15, 0.2) is 18.2 Å². The summed E-state index contributed by atoms with van der Waals surface area (Å²) in [5.74, 6) is 8.52. The summed E-state index contributed by atoms with van der Waals surface area (Å²) in [5.41, 5.74) is 2.48. The molecule has 0 unspecified atom stereocenters. The topological polar surface area (TPSA) is 49.3 Å². The molecule has 1 amide bonds. The van der Waals surface area contributed by atoms with Crippen LogP contribution in [0.25, 0.3) is 0 Å². The van der Waals surface area contributed by atoms with E-state index in [0.717, 1.165) is 17.7 Å². The molecule has 1 saturated heterocycles. The molecular formula is C17H21NO2S. The number of nitrogens with one attached hydrogen (secondary N) is 1. The Kier molecular flexibility index (Phi) is 6.16. The zero-order valence-electron chi connectivity index (χ0n) is 12.3. The van der Waals surface area contributed by atoms with Gasteiger partial charge in [-0.15, -0.1) is 0 Å². The molecule has 3 nitrogen and oxygen atoms in total. The second kappa shape index (κ2) is 8.11. The molecule has 1 fully saturated rings. The maximum absolute atomic E-state index is 12.2. The fraction of sp³-hybridized carbons (Fsp3) is 0.471. The van der Waals surface area contributed by atoms with Gasteiger partial charge in [0.2, 0.25) is 0 Å².